The molecular formula is C21H27Cl2N7O. The standard InChI is InChI=1S/C21H27Cl2N7O/c1-24-13-16-19(25-8-11-30-9-4-2-3-5-10-30)26-14-27-20(16)29-21(31)28-18-7-6-15(22)12-17(18)23/h6-7,12-14H,2-5,8-11H2,1H3,(H3,25,26,27,28,29,31)/b24-13-. The molecule has 0 spiro atoms. The highest BCUT2D eigenvalue weighted by Gasteiger charge is 2.14. The zero-order valence-corrected chi connectivity index (χ0v) is 19.0. The Morgan fingerprint density at radius 3 is 2.58 bits per heavy atom. The van der Waals surface area contributed by atoms with Crippen LogP contribution in [0.3, 0.4) is 0 Å². The minimum atomic E-state index is -0.482. The van der Waals surface area contributed by atoms with Gasteiger partial charge in [-0.2, -0.15) is 0 Å². The Morgan fingerprint density at radius 2 is 1.87 bits per heavy atom. The lowest BCUT2D eigenvalue weighted by molar-refractivity contribution is 0.262. The molecule has 2 aromatic rings. The summed E-state index contributed by atoms with van der Waals surface area (Å²) >= 11 is 12.0. The number of carbonyl (C=O) groups is 1. The van der Waals surface area contributed by atoms with Crippen molar-refractivity contribution in [1.82, 2.24) is 14.9 Å². The van der Waals surface area contributed by atoms with Gasteiger partial charge < -0.3 is 15.5 Å². The molecule has 1 aromatic carbocycles. The summed E-state index contributed by atoms with van der Waals surface area (Å²) in [5, 5.41) is 9.62. The van der Waals surface area contributed by atoms with Gasteiger partial charge in [0.05, 0.1) is 16.3 Å². The Kier molecular flexibility index (Phi) is 8.87. The van der Waals surface area contributed by atoms with Gasteiger partial charge in [0.2, 0.25) is 0 Å². The number of benzene rings is 1. The molecular weight excluding hydrogens is 437 g/mol. The van der Waals surface area contributed by atoms with Gasteiger partial charge >= 0.3 is 6.03 Å². The van der Waals surface area contributed by atoms with Crippen LogP contribution in [0.15, 0.2) is 29.5 Å². The highest BCUT2D eigenvalue weighted by atomic mass is 35.5. The van der Waals surface area contributed by atoms with E-state index in [1.165, 1.54) is 32.0 Å². The van der Waals surface area contributed by atoms with Crippen molar-refractivity contribution >= 4 is 52.8 Å². The molecule has 3 N–H and O–H groups in total. The van der Waals surface area contributed by atoms with Crippen molar-refractivity contribution in [2.24, 2.45) is 4.99 Å². The zero-order valence-electron chi connectivity index (χ0n) is 17.5. The van der Waals surface area contributed by atoms with Gasteiger partial charge in [-0.05, 0) is 44.1 Å². The number of hydrogen-bond acceptors (Lipinski definition) is 6. The monoisotopic (exact) mass is 463 g/mol. The minimum Gasteiger partial charge on any atom is -0.368 e. The van der Waals surface area contributed by atoms with Crippen LogP contribution in [-0.2, 0) is 0 Å². The SMILES string of the molecule is C/N=C\c1c(NCCN2CCCCCC2)ncnc1NC(=O)Nc1ccc(Cl)cc1Cl. The summed E-state index contributed by atoms with van der Waals surface area (Å²) in [5.41, 5.74) is 1.05. The number of halogens is 2. The van der Waals surface area contributed by atoms with Crippen LogP contribution in [0.4, 0.5) is 22.1 Å². The number of nitrogens with one attached hydrogen (secondary N) is 3. The number of rotatable bonds is 7. The van der Waals surface area contributed by atoms with Crippen molar-refractivity contribution in [3.63, 3.8) is 0 Å². The van der Waals surface area contributed by atoms with Crippen LogP contribution in [0, 0.1) is 0 Å². The molecule has 0 saturated carbocycles. The Balaban J connectivity index is 1.65. The van der Waals surface area contributed by atoms with Crippen LogP contribution in [-0.4, -0.2) is 60.3 Å². The van der Waals surface area contributed by atoms with Crippen molar-refractivity contribution in [3.05, 3.63) is 40.1 Å². The smallest absolute Gasteiger partial charge is 0.324 e. The number of aliphatic imine (C=N–C) groups is 1. The third-order valence-corrected chi connectivity index (χ3v) is 5.52. The van der Waals surface area contributed by atoms with Gasteiger partial charge in [0.15, 0.2) is 0 Å². The Bertz CT molecular complexity index is 915. The summed E-state index contributed by atoms with van der Waals surface area (Å²) in [4.78, 5) is 27.6. The lowest BCUT2D eigenvalue weighted by Crippen LogP contribution is -2.30. The molecule has 0 bridgehead atoms. The minimum absolute atomic E-state index is 0.344. The van der Waals surface area contributed by atoms with Gasteiger partial charge in [-0.25, -0.2) is 14.8 Å². The van der Waals surface area contributed by atoms with Crippen LogP contribution in [0.25, 0.3) is 0 Å². The molecule has 1 saturated heterocycles. The maximum atomic E-state index is 12.5. The first-order chi connectivity index (χ1) is 15.1. The first kappa shape index (κ1) is 23.2. The molecule has 0 radical (unpaired) electrons. The summed E-state index contributed by atoms with van der Waals surface area (Å²) in [7, 11) is 1.66. The topological polar surface area (TPSA) is 94.5 Å². The zero-order chi connectivity index (χ0) is 22.1. The fourth-order valence-corrected chi connectivity index (χ4v) is 3.89. The highest BCUT2D eigenvalue weighted by Crippen LogP contribution is 2.26. The summed E-state index contributed by atoms with van der Waals surface area (Å²) in [6.45, 7) is 3.95. The van der Waals surface area contributed by atoms with Gasteiger partial charge in [-0.1, -0.05) is 36.0 Å². The second kappa shape index (κ2) is 11.8. The van der Waals surface area contributed by atoms with E-state index in [0.717, 1.165) is 26.2 Å². The molecule has 0 atom stereocenters. The number of likely N-dealkylation sites (tertiary alicyclic amines) is 1. The van der Waals surface area contributed by atoms with E-state index in [-0.39, 0.29) is 0 Å². The Morgan fingerprint density at radius 1 is 1.13 bits per heavy atom. The summed E-state index contributed by atoms with van der Waals surface area (Å²) in [5.74, 6) is 0.968. The molecule has 3 rings (SSSR count). The third-order valence-electron chi connectivity index (χ3n) is 4.97. The quantitative estimate of drug-likeness (QED) is 0.514. The highest BCUT2D eigenvalue weighted by molar-refractivity contribution is 6.36. The average molecular weight is 464 g/mol. The van der Waals surface area contributed by atoms with Gasteiger partial charge in [0, 0.05) is 31.4 Å². The van der Waals surface area contributed by atoms with Crippen LogP contribution in [0.5, 0.6) is 0 Å². The van der Waals surface area contributed by atoms with Gasteiger partial charge in [0.1, 0.15) is 18.0 Å². The molecule has 1 aliphatic rings. The normalized spacial score (nSPS) is 14.9. The largest absolute Gasteiger partial charge is 0.368 e. The first-order valence-corrected chi connectivity index (χ1v) is 11.1. The molecule has 166 valence electrons. The van der Waals surface area contributed by atoms with Crippen LogP contribution in [0.1, 0.15) is 31.2 Å². The van der Waals surface area contributed by atoms with Crippen molar-refractivity contribution in [2.75, 3.05) is 49.2 Å². The number of hydrogen-bond donors (Lipinski definition) is 3. The molecule has 8 nitrogen and oxygen atoms in total. The number of aromatic nitrogens is 2. The lowest BCUT2D eigenvalue weighted by Gasteiger charge is -2.20. The molecule has 2 heterocycles. The lowest BCUT2D eigenvalue weighted by atomic mass is 10.2. The molecule has 10 heteroatoms. The van der Waals surface area contributed by atoms with Crippen molar-refractivity contribution in [2.45, 2.75) is 25.7 Å². The number of amides is 2. The molecule has 1 aliphatic heterocycles. The Labute approximate surface area is 192 Å². The second-order valence-electron chi connectivity index (χ2n) is 7.26. The van der Waals surface area contributed by atoms with Gasteiger partial charge in [-0.3, -0.25) is 10.3 Å². The van der Waals surface area contributed by atoms with E-state index in [1.807, 2.05) is 0 Å². The van der Waals surface area contributed by atoms with E-state index in [0.29, 0.717) is 32.9 Å². The maximum absolute atomic E-state index is 12.5. The van der Waals surface area contributed by atoms with Crippen LogP contribution < -0.4 is 16.0 Å². The van der Waals surface area contributed by atoms with Crippen molar-refractivity contribution in [1.29, 1.82) is 0 Å². The molecule has 2 amide bonds. The third kappa shape index (κ3) is 7.05. The number of nitrogens with zero attached hydrogens (tertiary/aromatic N) is 4. The Hall–Kier alpha value is -2.42. The number of anilines is 3. The summed E-state index contributed by atoms with van der Waals surface area (Å²) in [6, 6.07) is 4.36. The van der Waals surface area contributed by atoms with E-state index in [4.69, 9.17) is 23.2 Å². The predicted molar refractivity (Wildman–Crippen MR) is 128 cm³/mol. The van der Waals surface area contributed by atoms with Crippen LogP contribution in [0.2, 0.25) is 10.0 Å². The summed E-state index contributed by atoms with van der Waals surface area (Å²) in [6.07, 6.45) is 8.16. The second-order valence-corrected chi connectivity index (χ2v) is 8.10. The average Bonchev–Trinajstić information content (AvgIpc) is 3.01. The maximum Gasteiger partial charge on any atom is 0.324 e. The molecule has 0 aliphatic carbocycles. The fraction of sp³-hybridized carbons (Fsp3) is 0.429. The molecule has 1 aromatic heterocycles. The fourth-order valence-electron chi connectivity index (χ4n) is 3.43. The molecule has 31 heavy (non-hydrogen) atoms. The van der Waals surface area contributed by atoms with E-state index in [2.05, 4.69) is 35.8 Å². The van der Waals surface area contributed by atoms with E-state index >= 15 is 0 Å². The van der Waals surface area contributed by atoms with Crippen molar-refractivity contribution < 1.29 is 4.79 Å². The number of urea groups is 1. The van der Waals surface area contributed by atoms with E-state index in [1.54, 1.807) is 31.5 Å². The van der Waals surface area contributed by atoms with Crippen LogP contribution >= 0.6 is 23.2 Å². The van der Waals surface area contributed by atoms with Crippen molar-refractivity contribution in [3.8, 4) is 0 Å². The summed E-state index contributed by atoms with van der Waals surface area (Å²) < 4.78 is 0. The van der Waals surface area contributed by atoms with Gasteiger partial charge in [0.25, 0.3) is 0 Å². The van der Waals surface area contributed by atoms with E-state index in [9.17, 15) is 4.79 Å². The first-order valence-electron chi connectivity index (χ1n) is 10.3. The van der Waals surface area contributed by atoms with Gasteiger partial charge in [-0.15, -0.1) is 0 Å². The predicted octanol–water partition coefficient (Wildman–Crippen LogP) is 4.76. The number of carbonyl (C=O) groups excluding carboxylic acids is 1. The molecule has 1 fully saturated rings. The van der Waals surface area contributed by atoms with E-state index < -0.39 is 6.03 Å². The molecule has 0 unspecified atom stereocenters.